The third kappa shape index (κ3) is 2.53. The maximum atomic E-state index is 13.1. The molecule has 1 N–H and O–H groups in total. The van der Waals surface area contributed by atoms with Gasteiger partial charge in [0.15, 0.2) is 0 Å². The van der Waals surface area contributed by atoms with E-state index < -0.39 is 0 Å². The van der Waals surface area contributed by atoms with Crippen LogP contribution in [0.4, 0.5) is 4.39 Å². The highest BCUT2D eigenvalue weighted by atomic mass is 32.1. The molecule has 0 bridgehead atoms. The van der Waals surface area contributed by atoms with Gasteiger partial charge >= 0.3 is 0 Å². The lowest BCUT2D eigenvalue weighted by Crippen LogP contribution is -1.98. The van der Waals surface area contributed by atoms with E-state index in [1.165, 1.54) is 22.2 Å². The summed E-state index contributed by atoms with van der Waals surface area (Å²) in [5.74, 6) is 0.145. The van der Waals surface area contributed by atoms with Crippen molar-refractivity contribution in [3.05, 3.63) is 64.8 Å². The molecule has 0 amide bonds. The van der Waals surface area contributed by atoms with Crippen LogP contribution in [-0.4, -0.2) is 5.11 Å². The molecule has 0 radical (unpaired) electrons. The molecule has 2 nitrogen and oxygen atoms in total. The van der Waals surface area contributed by atoms with Gasteiger partial charge in [-0.2, -0.15) is 0 Å². The molecule has 0 unspecified atom stereocenters. The Balaban J connectivity index is 1.83. The molecule has 3 aromatic rings. The average molecular weight is 288 g/mol. The molecule has 0 aliphatic rings. The van der Waals surface area contributed by atoms with Crippen LogP contribution < -0.4 is 4.74 Å². The normalized spacial score (nSPS) is 10.9. The minimum Gasteiger partial charge on any atom is -0.488 e. The van der Waals surface area contributed by atoms with E-state index >= 15 is 0 Å². The van der Waals surface area contributed by atoms with Gasteiger partial charge in [0.25, 0.3) is 0 Å². The van der Waals surface area contributed by atoms with Crippen LogP contribution in [0.5, 0.6) is 5.75 Å². The number of fused-ring (bicyclic) bond motifs is 1. The molecule has 20 heavy (non-hydrogen) atoms. The molecular weight excluding hydrogens is 275 g/mol. The molecular formula is C16H13FO2S. The third-order valence-electron chi connectivity index (χ3n) is 3.14. The lowest BCUT2D eigenvalue weighted by atomic mass is 10.2. The van der Waals surface area contributed by atoms with Gasteiger partial charge in [-0.3, -0.25) is 0 Å². The van der Waals surface area contributed by atoms with Crippen molar-refractivity contribution in [1.82, 2.24) is 0 Å². The van der Waals surface area contributed by atoms with Crippen molar-refractivity contribution < 1.29 is 14.2 Å². The Morgan fingerprint density at radius 2 is 1.95 bits per heavy atom. The molecule has 1 heterocycles. The fourth-order valence-corrected chi connectivity index (χ4v) is 3.06. The zero-order chi connectivity index (χ0) is 13.9. The smallest absolute Gasteiger partial charge is 0.125 e. The number of ether oxygens (including phenoxy) is 1. The fourth-order valence-electron chi connectivity index (χ4n) is 2.11. The van der Waals surface area contributed by atoms with E-state index in [-0.39, 0.29) is 12.4 Å². The summed E-state index contributed by atoms with van der Waals surface area (Å²) in [5.41, 5.74) is 1.56. The lowest BCUT2D eigenvalue weighted by Gasteiger charge is -2.09. The second kappa shape index (κ2) is 5.61. The molecule has 0 aliphatic carbocycles. The summed E-state index contributed by atoms with van der Waals surface area (Å²) in [6.45, 7) is 0.167. The summed E-state index contributed by atoms with van der Waals surface area (Å²) in [5, 5.41) is 12.5. The predicted octanol–water partition coefficient (Wildman–Crippen LogP) is 4.11. The molecule has 0 saturated heterocycles. The largest absolute Gasteiger partial charge is 0.488 e. The number of hydrogen-bond acceptors (Lipinski definition) is 3. The van der Waals surface area contributed by atoms with Crippen LogP contribution in [0.15, 0.2) is 47.8 Å². The van der Waals surface area contributed by atoms with Gasteiger partial charge in [0.1, 0.15) is 18.2 Å². The number of aliphatic hydroxyl groups excluding tert-OH is 1. The predicted molar refractivity (Wildman–Crippen MR) is 78.5 cm³/mol. The summed E-state index contributed by atoms with van der Waals surface area (Å²) in [6.07, 6.45) is 0. The standard InChI is InChI=1S/C16H13FO2S/c17-13-5-6-15(11(7-13)8-18)19-9-12-10-20-16-4-2-1-3-14(12)16/h1-7,10,18H,8-9H2. The highest BCUT2D eigenvalue weighted by molar-refractivity contribution is 7.17. The number of benzene rings is 2. The first-order valence-electron chi connectivity index (χ1n) is 6.25. The van der Waals surface area contributed by atoms with E-state index in [2.05, 4.69) is 17.5 Å². The molecule has 0 fully saturated rings. The Kier molecular flexibility index (Phi) is 3.67. The monoisotopic (exact) mass is 288 g/mol. The van der Waals surface area contributed by atoms with Crippen LogP contribution in [0, 0.1) is 5.82 Å². The van der Waals surface area contributed by atoms with Crippen LogP contribution in [0.3, 0.4) is 0 Å². The molecule has 102 valence electrons. The fraction of sp³-hybridized carbons (Fsp3) is 0.125. The van der Waals surface area contributed by atoms with Gasteiger partial charge in [-0.15, -0.1) is 11.3 Å². The number of halogens is 1. The van der Waals surface area contributed by atoms with Gasteiger partial charge in [-0.25, -0.2) is 4.39 Å². The molecule has 0 aliphatic heterocycles. The van der Waals surface area contributed by atoms with E-state index in [0.29, 0.717) is 17.9 Å². The quantitative estimate of drug-likeness (QED) is 0.783. The van der Waals surface area contributed by atoms with Gasteiger partial charge in [0, 0.05) is 15.8 Å². The summed E-state index contributed by atoms with van der Waals surface area (Å²) in [6, 6.07) is 12.3. The summed E-state index contributed by atoms with van der Waals surface area (Å²) in [4.78, 5) is 0. The minimum atomic E-state index is -0.373. The van der Waals surface area contributed by atoms with E-state index in [0.717, 1.165) is 5.56 Å². The zero-order valence-electron chi connectivity index (χ0n) is 10.7. The Bertz CT molecular complexity index is 736. The number of rotatable bonds is 4. The molecule has 0 spiro atoms. The first kappa shape index (κ1) is 13.1. The van der Waals surface area contributed by atoms with E-state index in [9.17, 15) is 9.50 Å². The summed E-state index contributed by atoms with van der Waals surface area (Å²) < 4.78 is 20.0. The Hall–Kier alpha value is -1.91. The van der Waals surface area contributed by atoms with Crippen molar-refractivity contribution in [3.63, 3.8) is 0 Å². The van der Waals surface area contributed by atoms with Crippen LogP contribution in [0.25, 0.3) is 10.1 Å². The van der Waals surface area contributed by atoms with Crippen molar-refractivity contribution >= 4 is 21.4 Å². The van der Waals surface area contributed by atoms with Crippen LogP contribution in [0.1, 0.15) is 11.1 Å². The van der Waals surface area contributed by atoms with Crippen LogP contribution in [-0.2, 0) is 13.2 Å². The van der Waals surface area contributed by atoms with Gasteiger partial charge in [0.05, 0.1) is 6.61 Å². The topological polar surface area (TPSA) is 29.5 Å². The van der Waals surface area contributed by atoms with E-state index in [1.54, 1.807) is 17.4 Å². The zero-order valence-corrected chi connectivity index (χ0v) is 11.5. The molecule has 0 saturated carbocycles. The Labute approximate surface area is 120 Å². The van der Waals surface area contributed by atoms with Gasteiger partial charge in [-0.05, 0) is 35.0 Å². The van der Waals surface area contributed by atoms with Crippen molar-refractivity contribution in [2.24, 2.45) is 0 Å². The van der Waals surface area contributed by atoms with Crippen molar-refractivity contribution in [1.29, 1.82) is 0 Å². The molecule has 1 aromatic heterocycles. The molecule has 3 rings (SSSR count). The highest BCUT2D eigenvalue weighted by Crippen LogP contribution is 2.27. The van der Waals surface area contributed by atoms with Crippen LogP contribution in [0.2, 0.25) is 0 Å². The third-order valence-corrected chi connectivity index (χ3v) is 4.15. The lowest BCUT2D eigenvalue weighted by molar-refractivity contribution is 0.258. The van der Waals surface area contributed by atoms with Crippen molar-refractivity contribution in [3.8, 4) is 5.75 Å². The first-order chi connectivity index (χ1) is 9.78. The van der Waals surface area contributed by atoms with E-state index in [1.807, 2.05) is 12.1 Å². The highest BCUT2D eigenvalue weighted by Gasteiger charge is 2.07. The summed E-state index contributed by atoms with van der Waals surface area (Å²) >= 11 is 1.67. The van der Waals surface area contributed by atoms with Gasteiger partial charge < -0.3 is 9.84 Å². The number of aliphatic hydroxyl groups is 1. The Morgan fingerprint density at radius 3 is 2.80 bits per heavy atom. The molecule has 4 heteroatoms. The average Bonchev–Trinajstić information content (AvgIpc) is 2.89. The Morgan fingerprint density at radius 1 is 1.10 bits per heavy atom. The maximum Gasteiger partial charge on any atom is 0.125 e. The van der Waals surface area contributed by atoms with Gasteiger partial charge in [-0.1, -0.05) is 18.2 Å². The first-order valence-corrected chi connectivity index (χ1v) is 7.13. The second-order valence-electron chi connectivity index (χ2n) is 4.46. The molecule has 2 aromatic carbocycles. The number of thiophene rings is 1. The molecule has 0 atom stereocenters. The van der Waals surface area contributed by atoms with Gasteiger partial charge in [0.2, 0.25) is 0 Å². The second-order valence-corrected chi connectivity index (χ2v) is 5.37. The van der Waals surface area contributed by atoms with Crippen molar-refractivity contribution in [2.45, 2.75) is 13.2 Å². The maximum absolute atomic E-state index is 13.1. The van der Waals surface area contributed by atoms with Crippen LogP contribution >= 0.6 is 11.3 Å². The SMILES string of the molecule is OCc1cc(F)ccc1OCc1csc2ccccc12. The summed E-state index contributed by atoms with van der Waals surface area (Å²) in [7, 11) is 0. The minimum absolute atomic E-state index is 0.239. The number of hydrogen-bond donors (Lipinski definition) is 1. The van der Waals surface area contributed by atoms with E-state index in [4.69, 9.17) is 4.74 Å². The van der Waals surface area contributed by atoms with Crippen molar-refractivity contribution in [2.75, 3.05) is 0 Å².